The Morgan fingerprint density at radius 1 is 1.56 bits per heavy atom. The first-order valence-corrected chi connectivity index (χ1v) is 5.74. The van der Waals surface area contributed by atoms with E-state index < -0.39 is 12.1 Å². The zero-order valence-electron chi connectivity index (χ0n) is 10.1. The molecule has 0 radical (unpaired) electrons. The zero-order valence-corrected chi connectivity index (χ0v) is 10.1. The SMILES string of the molecule is CN(CCc1ccncc1)C(=O)C1COC(=O)N1. The van der Waals surface area contributed by atoms with Gasteiger partial charge in [0.1, 0.15) is 12.6 Å². The van der Waals surface area contributed by atoms with Crippen molar-refractivity contribution in [2.24, 2.45) is 0 Å². The molecule has 1 saturated heterocycles. The maximum atomic E-state index is 11.9. The van der Waals surface area contributed by atoms with E-state index in [1.807, 2.05) is 12.1 Å². The van der Waals surface area contributed by atoms with Crippen LogP contribution in [-0.4, -0.2) is 48.1 Å². The molecule has 0 bridgehead atoms. The third-order valence-corrected chi connectivity index (χ3v) is 2.83. The molecular formula is C12H15N3O3. The van der Waals surface area contributed by atoms with Gasteiger partial charge in [-0.05, 0) is 24.1 Å². The van der Waals surface area contributed by atoms with Crippen LogP contribution in [0.1, 0.15) is 5.56 Å². The van der Waals surface area contributed by atoms with Crippen molar-refractivity contribution < 1.29 is 14.3 Å². The van der Waals surface area contributed by atoms with Gasteiger partial charge in [0.05, 0.1) is 0 Å². The molecule has 0 spiro atoms. The lowest BCUT2D eigenvalue weighted by Crippen LogP contribution is -2.44. The van der Waals surface area contributed by atoms with Gasteiger partial charge in [-0.15, -0.1) is 0 Å². The Morgan fingerprint density at radius 2 is 2.28 bits per heavy atom. The van der Waals surface area contributed by atoms with Crippen LogP contribution >= 0.6 is 0 Å². The zero-order chi connectivity index (χ0) is 13.0. The standard InChI is InChI=1S/C12H15N3O3/c1-15(7-4-9-2-5-13-6-3-9)11(16)10-8-18-12(17)14-10/h2-3,5-6,10H,4,7-8H2,1H3,(H,14,17). The first-order valence-electron chi connectivity index (χ1n) is 5.74. The maximum absolute atomic E-state index is 11.9. The number of ether oxygens (including phenoxy) is 1. The number of cyclic esters (lactones) is 1. The summed E-state index contributed by atoms with van der Waals surface area (Å²) in [5, 5.41) is 2.47. The molecule has 0 aliphatic carbocycles. The summed E-state index contributed by atoms with van der Waals surface area (Å²) in [5.74, 6) is -0.130. The molecule has 1 aliphatic heterocycles. The number of amides is 2. The van der Waals surface area contributed by atoms with E-state index >= 15 is 0 Å². The molecule has 96 valence electrons. The van der Waals surface area contributed by atoms with Crippen molar-refractivity contribution in [3.63, 3.8) is 0 Å². The topological polar surface area (TPSA) is 71.5 Å². The van der Waals surface area contributed by atoms with Crippen LogP contribution in [0.25, 0.3) is 0 Å². The quantitative estimate of drug-likeness (QED) is 0.827. The fourth-order valence-corrected chi connectivity index (χ4v) is 1.74. The number of nitrogens with one attached hydrogen (secondary N) is 1. The highest BCUT2D eigenvalue weighted by Crippen LogP contribution is 2.04. The predicted molar refractivity (Wildman–Crippen MR) is 63.8 cm³/mol. The van der Waals surface area contributed by atoms with E-state index in [2.05, 4.69) is 10.3 Å². The third kappa shape index (κ3) is 2.97. The number of carbonyl (C=O) groups is 2. The van der Waals surface area contributed by atoms with Crippen molar-refractivity contribution in [1.82, 2.24) is 15.2 Å². The normalized spacial score (nSPS) is 18.1. The van der Waals surface area contributed by atoms with Crippen molar-refractivity contribution >= 4 is 12.0 Å². The Kier molecular flexibility index (Phi) is 3.76. The molecule has 1 unspecified atom stereocenters. The lowest BCUT2D eigenvalue weighted by Gasteiger charge is -2.19. The van der Waals surface area contributed by atoms with Crippen LogP contribution < -0.4 is 5.32 Å². The lowest BCUT2D eigenvalue weighted by atomic mass is 10.2. The number of nitrogens with zero attached hydrogens (tertiary/aromatic N) is 2. The minimum Gasteiger partial charge on any atom is -0.447 e. The second-order valence-electron chi connectivity index (χ2n) is 4.16. The molecule has 1 aromatic rings. The summed E-state index contributed by atoms with van der Waals surface area (Å²) in [7, 11) is 1.72. The molecule has 6 nitrogen and oxygen atoms in total. The Morgan fingerprint density at radius 3 is 2.89 bits per heavy atom. The summed E-state index contributed by atoms with van der Waals surface area (Å²) < 4.78 is 4.69. The Balaban J connectivity index is 1.82. The van der Waals surface area contributed by atoms with Gasteiger partial charge in [0.2, 0.25) is 5.91 Å². The number of hydrogen-bond acceptors (Lipinski definition) is 4. The molecule has 1 atom stereocenters. The van der Waals surface area contributed by atoms with E-state index in [1.54, 1.807) is 24.3 Å². The predicted octanol–water partition coefficient (Wildman–Crippen LogP) is 0.191. The van der Waals surface area contributed by atoms with Gasteiger partial charge in [-0.1, -0.05) is 0 Å². The minimum atomic E-state index is -0.556. The van der Waals surface area contributed by atoms with Gasteiger partial charge in [-0.25, -0.2) is 4.79 Å². The second-order valence-corrected chi connectivity index (χ2v) is 4.16. The molecule has 2 heterocycles. The average molecular weight is 249 g/mol. The molecule has 18 heavy (non-hydrogen) atoms. The summed E-state index contributed by atoms with van der Waals surface area (Å²) >= 11 is 0. The smallest absolute Gasteiger partial charge is 0.407 e. The highest BCUT2D eigenvalue weighted by molar-refractivity contribution is 5.87. The molecular weight excluding hydrogens is 234 g/mol. The Labute approximate surface area is 105 Å². The van der Waals surface area contributed by atoms with Crippen LogP contribution in [0, 0.1) is 0 Å². The van der Waals surface area contributed by atoms with E-state index in [1.165, 1.54) is 0 Å². The van der Waals surface area contributed by atoms with Gasteiger partial charge in [-0.3, -0.25) is 9.78 Å². The van der Waals surface area contributed by atoms with Gasteiger partial charge in [0.25, 0.3) is 0 Å². The number of likely N-dealkylation sites (N-methyl/N-ethyl adjacent to an activating group) is 1. The van der Waals surface area contributed by atoms with E-state index in [-0.39, 0.29) is 12.5 Å². The lowest BCUT2D eigenvalue weighted by molar-refractivity contribution is -0.131. The number of alkyl carbamates (subject to hydrolysis) is 1. The van der Waals surface area contributed by atoms with E-state index in [0.717, 1.165) is 12.0 Å². The summed E-state index contributed by atoms with van der Waals surface area (Å²) in [6.45, 7) is 0.701. The van der Waals surface area contributed by atoms with E-state index in [4.69, 9.17) is 4.74 Å². The van der Waals surface area contributed by atoms with Gasteiger partial charge in [0.15, 0.2) is 0 Å². The first-order chi connectivity index (χ1) is 8.66. The third-order valence-electron chi connectivity index (χ3n) is 2.83. The first kappa shape index (κ1) is 12.3. The van der Waals surface area contributed by atoms with Crippen molar-refractivity contribution in [1.29, 1.82) is 0 Å². The van der Waals surface area contributed by atoms with Crippen LogP contribution in [-0.2, 0) is 16.0 Å². The second kappa shape index (κ2) is 5.48. The van der Waals surface area contributed by atoms with E-state index in [9.17, 15) is 9.59 Å². The van der Waals surface area contributed by atoms with Crippen LogP contribution in [0.4, 0.5) is 4.79 Å². The average Bonchev–Trinajstić information content (AvgIpc) is 2.83. The molecule has 2 amide bonds. The number of carbonyl (C=O) groups excluding carboxylic acids is 2. The fraction of sp³-hybridized carbons (Fsp3) is 0.417. The highest BCUT2D eigenvalue weighted by atomic mass is 16.6. The van der Waals surface area contributed by atoms with Crippen LogP contribution in [0.15, 0.2) is 24.5 Å². The highest BCUT2D eigenvalue weighted by Gasteiger charge is 2.30. The summed E-state index contributed by atoms with van der Waals surface area (Å²) in [6, 6.07) is 3.28. The monoisotopic (exact) mass is 249 g/mol. The van der Waals surface area contributed by atoms with Gasteiger partial charge in [0, 0.05) is 26.0 Å². The van der Waals surface area contributed by atoms with Gasteiger partial charge < -0.3 is 15.0 Å². The van der Waals surface area contributed by atoms with Crippen LogP contribution in [0.5, 0.6) is 0 Å². The molecule has 1 fully saturated rings. The largest absolute Gasteiger partial charge is 0.447 e. The summed E-state index contributed by atoms with van der Waals surface area (Å²) in [4.78, 5) is 28.3. The van der Waals surface area contributed by atoms with Gasteiger partial charge in [-0.2, -0.15) is 0 Å². The maximum Gasteiger partial charge on any atom is 0.407 e. The number of aromatic nitrogens is 1. The van der Waals surface area contributed by atoms with E-state index in [0.29, 0.717) is 6.54 Å². The van der Waals surface area contributed by atoms with Gasteiger partial charge >= 0.3 is 6.09 Å². The van der Waals surface area contributed by atoms with Crippen molar-refractivity contribution in [3.8, 4) is 0 Å². The molecule has 0 saturated carbocycles. The Hall–Kier alpha value is -2.11. The fourth-order valence-electron chi connectivity index (χ4n) is 1.74. The molecule has 0 aromatic carbocycles. The van der Waals surface area contributed by atoms with Crippen molar-refractivity contribution in [3.05, 3.63) is 30.1 Å². The molecule has 6 heteroatoms. The molecule has 1 aromatic heterocycles. The molecule has 2 rings (SSSR count). The number of rotatable bonds is 4. The summed E-state index contributed by atoms with van der Waals surface area (Å²) in [5.41, 5.74) is 1.12. The molecule has 1 aliphatic rings. The summed E-state index contributed by atoms with van der Waals surface area (Å²) in [6.07, 6.45) is 3.67. The van der Waals surface area contributed by atoms with Crippen molar-refractivity contribution in [2.45, 2.75) is 12.5 Å². The Bertz CT molecular complexity index is 435. The number of pyridine rings is 1. The number of hydrogen-bond donors (Lipinski definition) is 1. The van der Waals surface area contributed by atoms with Crippen molar-refractivity contribution in [2.75, 3.05) is 20.2 Å². The molecule has 1 N–H and O–H groups in total. The van der Waals surface area contributed by atoms with Crippen LogP contribution in [0.3, 0.4) is 0 Å². The minimum absolute atomic E-state index is 0.108. The van der Waals surface area contributed by atoms with Crippen LogP contribution in [0.2, 0.25) is 0 Å².